The van der Waals surface area contributed by atoms with E-state index in [0.29, 0.717) is 11.0 Å². The molecule has 28 heavy (non-hydrogen) atoms. The smallest absolute Gasteiger partial charge is 0.175 e. The van der Waals surface area contributed by atoms with Gasteiger partial charge in [-0.05, 0) is 86.5 Å². The molecule has 2 N–H and O–H groups in total. The van der Waals surface area contributed by atoms with Crippen LogP contribution in [0, 0.1) is 12.8 Å². The van der Waals surface area contributed by atoms with Gasteiger partial charge in [0, 0.05) is 22.0 Å². The van der Waals surface area contributed by atoms with Crippen LogP contribution in [0.2, 0.25) is 0 Å². The minimum Gasteiger partial charge on any atom is -0.332 e. The number of anilines is 2. The van der Waals surface area contributed by atoms with Crippen molar-refractivity contribution in [1.29, 1.82) is 0 Å². The van der Waals surface area contributed by atoms with Crippen molar-refractivity contribution in [1.82, 2.24) is 0 Å². The Morgan fingerprint density at radius 1 is 1.14 bits per heavy atom. The molecule has 0 aliphatic heterocycles. The number of aliphatic imine (C=N–C) groups is 1. The molecule has 2 aromatic carbocycles. The second kappa shape index (κ2) is 10.6. The average Bonchev–Trinajstić information content (AvgIpc) is 2.70. The number of nitrogens with zero attached hydrogens (tertiary/aromatic N) is 1. The Morgan fingerprint density at radius 2 is 1.86 bits per heavy atom. The van der Waals surface area contributed by atoms with Crippen LogP contribution in [0.3, 0.4) is 0 Å². The highest BCUT2D eigenvalue weighted by molar-refractivity contribution is 7.98. The van der Waals surface area contributed by atoms with Gasteiger partial charge in [-0.25, -0.2) is 0 Å². The summed E-state index contributed by atoms with van der Waals surface area (Å²) in [5.74, 6) is 0.481. The van der Waals surface area contributed by atoms with Gasteiger partial charge in [-0.3, -0.25) is 4.99 Å². The van der Waals surface area contributed by atoms with Crippen LogP contribution < -0.4 is 10.6 Å². The van der Waals surface area contributed by atoms with E-state index < -0.39 is 0 Å². The molecular formula is C23H31N3S2. The van der Waals surface area contributed by atoms with E-state index in [2.05, 4.69) is 75.8 Å². The van der Waals surface area contributed by atoms with Crippen molar-refractivity contribution in [3.63, 3.8) is 0 Å². The van der Waals surface area contributed by atoms with Crippen LogP contribution in [-0.2, 0) is 6.42 Å². The summed E-state index contributed by atoms with van der Waals surface area (Å²) < 4.78 is 0. The van der Waals surface area contributed by atoms with Crippen molar-refractivity contribution in [3.8, 4) is 0 Å². The highest BCUT2D eigenvalue weighted by Gasteiger charge is 2.09. The molecule has 1 atom stereocenters. The predicted octanol–water partition coefficient (Wildman–Crippen LogP) is 7.23. The lowest BCUT2D eigenvalue weighted by Crippen LogP contribution is -2.20. The van der Waals surface area contributed by atoms with E-state index in [1.165, 1.54) is 10.5 Å². The lowest BCUT2D eigenvalue weighted by molar-refractivity contribution is 0.736. The lowest BCUT2D eigenvalue weighted by atomic mass is 10.0. The molecule has 0 fully saturated rings. The van der Waals surface area contributed by atoms with Crippen LogP contribution in [0.1, 0.15) is 45.2 Å². The third kappa shape index (κ3) is 5.82. The summed E-state index contributed by atoms with van der Waals surface area (Å²) in [5.41, 5.74) is 6.54. The van der Waals surface area contributed by atoms with Gasteiger partial charge < -0.3 is 10.6 Å². The topological polar surface area (TPSA) is 36.4 Å². The highest BCUT2D eigenvalue weighted by Crippen LogP contribution is 2.28. The zero-order valence-electron chi connectivity index (χ0n) is 17.7. The standard InChI is InChI=1S/C23H31N3S2/c1-7-15(3)17(5)24-20-10-9-11-21(16(20)4)25-23(27)26-22-14-19(28-6)13-12-18(22)8-2/h9-15H,7-8H2,1-6H3,(H2,25,26,27). The van der Waals surface area contributed by atoms with Gasteiger partial charge in [0.1, 0.15) is 0 Å². The fourth-order valence-electron chi connectivity index (χ4n) is 2.86. The van der Waals surface area contributed by atoms with E-state index in [9.17, 15) is 0 Å². The third-order valence-corrected chi connectivity index (χ3v) is 6.05. The van der Waals surface area contributed by atoms with Crippen LogP contribution in [0.4, 0.5) is 17.1 Å². The van der Waals surface area contributed by atoms with Crippen molar-refractivity contribution in [3.05, 3.63) is 47.5 Å². The van der Waals surface area contributed by atoms with Crippen molar-refractivity contribution < 1.29 is 0 Å². The minimum absolute atomic E-state index is 0.481. The minimum atomic E-state index is 0.481. The molecule has 1 unspecified atom stereocenters. The average molecular weight is 414 g/mol. The Bertz CT molecular complexity index is 859. The zero-order valence-corrected chi connectivity index (χ0v) is 19.4. The third-order valence-electron chi connectivity index (χ3n) is 5.12. The van der Waals surface area contributed by atoms with Crippen LogP contribution in [0.15, 0.2) is 46.3 Å². The lowest BCUT2D eigenvalue weighted by Gasteiger charge is -2.17. The van der Waals surface area contributed by atoms with Crippen LogP contribution >= 0.6 is 24.0 Å². The molecule has 2 rings (SSSR count). The molecule has 3 nitrogen and oxygen atoms in total. The number of nitrogens with one attached hydrogen (secondary N) is 2. The molecule has 0 radical (unpaired) electrons. The normalized spacial score (nSPS) is 12.6. The zero-order chi connectivity index (χ0) is 20.7. The summed E-state index contributed by atoms with van der Waals surface area (Å²) in [4.78, 5) is 6.06. The second-order valence-corrected chi connectivity index (χ2v) is 8.26. The molecule has 0 saturated carbocycles. The van der Waals surface area contributed by atoms with E-state index in [1.54, 1.807) is 11.8 Å². The van der Waals surface area contributed by atoms with E-state index >= 15 is 0 Å². The molecular weight excluding hydrogens is 382 g/mol. The van der Waals surface area contributed by atoms with E-state index in [4.69, 9.17) is 17.2 Å². The van der Waals surface area contributed by atoms with Crippen LogP contribution in [0.25, 0.3) is 0 Å². The molecule has 0 aliphatic rings. The molecule has 150 valence electrons. The summed E-state index contributed by atoms with van der Waals surface area (Å²) in [6.45, 7) is 10.7. The SMILES string of the molecule is CCc1ccc(SC)cc1NC(=S)Nc1cccc(N=C(C)C(C)CC)c1C. The van der Waals surface area contributed by atoms with Gasteiger partial charge in [0.05, 0.1) is 5.69 Å². The highest BCUT2D eigenvalue weighted by atomic mass is 32.2. The number of aryl methyl sites for hydroxylation is 1. The largest absolute Gasteiger partial charge is 0.332 e. The number of hydrogen-bond acceptors (Lipinski definition) is 3. The van der Waals surface area contributed by atoms with Crippen LogP contribution in [0.5, 0.6) is 0 Å². The summed E-state index contributed by atoms with van der Waals surface area (Å²) in [6, 6.07) is 12.6. The summed E-state index contributed by atoms with van der Waals surface area (Å²) in [5, 5.41) is 7.31. The summed E-state index contributed by atoms with van der Waals surface area (Å²) >= 11 is 7.32. The molecule has 0 saturated heterocycles. The van der Waals surface area contributed by atoms with Crippen LogP contribution in [-0.4, -0.2) is 17.1 Å². The Balaban J connectivity index is 2.20. The molecule has 2 aromatic rings. The molecule has 0 aliphatic carbocycles. The van der Waals surface area contributed by atoms with Crippen molar-refractivity contribution >= 4 is 51.9 Å². The fraction of sp³-hybridized carbons (Fsp3) is 0.391. The molecule has 5 heteroatoms. The number of hydrogen-bond donors (Lipinski definition) is 2. The van der Waals surface area contributed by atoms with E-state index in [-0.39, 0.29) is 0 Å². The number of rotatable bonds is 7. The summed E-state index contributed by atoms with van der Waals surface area (Å²) in [7, 11) is 0. The Labute approximate surface area is 179 Å². The first-order valence-corrected chi connectivity index (χ1v) is 11.4. The first-order chi connectivity index (χ1) is 13.4. The molecule has 0 amide bonds. The van der Waals surface area contributed by atoms with Gasteiger partial charge in [-0.2, -0.15) is 0 Å². The van der Waals surface area contributed by atoms with Gasteiger partial charge in [0.2, 0.25) is 0 Å². The fourth-order valence-corrected chi connectivity index (χ4v) is 3.52. The van der Waals surface area contributed by atoms with Gasteiger partial charge >= 0.3 is 0 Å². The maximum atomic E-state index is 5.59. The Morgan fingerprint density at radius 3 is 2.50 bits per heavy atom. The Kier molecular flexibility index (Phi) is 8.52. The van der Waals surface area contributed by atoms with Gasteiger partial charge in [-0.1, -0.05) is 32.9 Å². The monoisotopic (exact) mass is 413 g/mol. The van der Waals surface area contributed by atoms with Crippen molar-refractivity contribution in [2.45, 2.75) is 52.4 Å². The van der Waals surface area contributed by atoms with Crippen molar-refractivity contribution in [2.24, 2.45) is 10.9 Å². The van der Waals surface area contributed by atoms with E-state index in [1.807, 2.05) is 12.1 Å². The first-order valence-electron chi connectivity index (χ1n) is 9.79. The van der Waals surface area contributed by atoms with Crippen molar-refractivity contribution in [2.75, 3.05) is 16.9 Å². The molecule has 0 bridgehead atoms. The number of thiocarbonyl (C=S) groups is 1. The maximum Gasteiger partial charge on any atom is 0.175 e. The quantitative estimate of drug-likeness (QED) is 0.285. The molecule has 0 spiro atoms. The van der Waals surface area contributed by atoms with E-state index in [0.717, 1.165) is 41.2 Å². The van der Waals surface area contributed by atoms with Gasteiger partial charge in [0.25, 0.3) is 0 Å². The predicted molar refractivity (Wildman–Crippen MR) is 131 cm³/mol. The molecule has 0 aromatic heterocycles. The maximum absolute atomic E-state index is 5.59. The number of thioether (sulfide) groups is 1. The second-order valence-electron chi connectivity index (χ2n) is 6.97. The van der Waals surface area contributed by atoms with Gasteiger partial charge in [0.15, 0.2) is 5.11 Å². The van der Waals surface area contributed by atoms with Gasteiger partial charge in [-0.15, -0.1) is 11.8 Å². The first kappa shape index (κ1) is 22.4. The summed E-state index contributed by atoms with van der Waals surface area (Å²) in [6.07, 6.45) is 4.13. The molecule has 0 heterocycles. The number of benzene rings is 2. The Hall–Kier alpha value is -1.85.